The summed E-state index contributed by atoms with van der Waals surface area (Å²) in [4.78, 5) is 10.1. The maximum absolute atomic E-state index is 10.6. The Hall–Kier alpha value is -1.59. The van der Waals surface area contributed by atoms with Crippen LogP contribution in [-0.4, -0.2) is 14.7 Å². The zero-order valence-electron chi connectivity index (χ0n) is 9.72. The first-order valence-corrected chi connectivity index (χ1v) is 5.59. The average Bonchev–Trinajstić information content (AvgIpc) is 2.62. The molecule has 0 saturated heterocycles. The molecular formula is C10H18N4O2. The van der Waals surface area contributed by atoms with Gasteiger partial charge in [-0.05, 0) is 12.8 Å². The Labute approximate surface area is 94.6 Å². The van der Waals surface area contributed by atoms with Gasteiger partial charge in [0.25, 0.3) is 0 Å². The zero-order chi connectivity index (χ0) is 12.1. The third-order valence-corrected chi connectivity index (χ3v) is 2.72. The summed E-state index contributed by atoms with van der Waals surface area (Å²) in [6.07, 6.45) is 5.23. The quantitative estimate of drug-likeness (QED) is 0.596. The Morgan fingerprint density at radius 1 is 1.62 bits per heavy atom. The van der Waals surface area contributed by atoms with E-state index in [-0.39, 0.29) is 17.5 Å². The molecule has 1 heterocycles. The molecule has 1 aromatic rings. The fraction of sp³-hybridized carbons (Fsp3) is 0.700. The standard InChI is InChI=1S/C10H18N4O2/c1-3-5-6-8(4-2)13-10(11)9(7-12-13)14(15)16/h7-8H,3-6,11H2,1-2H3. The molecule has 0 spiro atoms. The fourth-order valence-electron chi connectivity index (χ4n) is 1.73. The molecule has 1 unspecified atom stereocenters. The third kappa shape index (κ3) is 2.50. The summed E-state index contributed by atoms with van der Waals surface area (Å²) in [7, 11) is 0. The summed E-state index contributed by atoms with van der Waals surface area (Å²) >= 11 is 0. The number of aromatic nitrogens is 2. The number of nitrogen functional groups attached to an aromatic ring is 1. The summed E-state index contributed by atoms with van der Waals surface area (Å²) < 4.78 is 1.58. The van der Waals surface area contributed by atoms with Crippen LogP contribution in [0.1, 0.15) is 45.6 Å². The summed E-state index contributed by atoms with van der Waals surface area (Å²) in [5.41, 5.74) is 5.61. The highest BCUT2D eigenvalue weighted by Gasteiger charge is 2.21. The summed E-state index contributed by atoms with van der Waals surface area (Å²) in [5, 5.41) is 14.6. The maximum atomic E-state index is 10.6. The molecular weight excluding hydrogens is 208 g/mol. The summed E-state index contributed by atoms with van der Waals surface area (Å²) in [5.74, 6) is 0.160. The molecule has 6 nitrogen and oxygen atoms in total. The Balaban J connectivity index is 2.88. The molecule has 1 rings (SSSR count). The van der Waals surface area contributed by atoms with Crippen LogP contribution < -0.4 is 5.73 Å². The van der Waals surface area contributed by atoms with Gasteiger partial charge in [-0.1, -0.05) is 26.7 Å². The van der Waals surface area contributed by atoms with Gasteiger partial charge in [0.1, 0.15) is 6.20 Å². The molecule has 0 amide bonds. The first kappa shape index (κ1) is 12.5. The minimum atomic E-state index is -0.495. The van der Waals surface area contributed by atoms with Crippen molar-refractivity contribution in [1.82, 2.24) is 9.78 Å². The van der Waals surface area contributed by atoms with E-state index in [0.717, 1.165) is 25.7 Å². The summed E-state index contributed by atoms with van der Waals surface area (Å²) in [6.45, 7) is 4.15. The number of rotatable bonds is 6. The molecule has 16 heavy (non-hydrogen) atoms. The van der Waals surface area contributed by atoms with Crippen molar-refractivity contribution in [3.05, 3.63) is 16.3 Å². The van der Waals surface area contributed by atoms with E-state index in [9.17, 15) is 10.1 Å². The van der Waals surface area contributed by atoms with E-state index in [4.69, 9.17) is 5.73 Å². The molecule has 0 aliphatic carbocycles. The van der Waals surface area contributed by atoms with Gasteiger partial charge in [0.05, 0.1) is 11.0 Å². The van der Waals surface area contributed by atoms with Gasteiger partial charge in [0.15, 0.2) is 0 Å². The van der Waals surface area contributed by atoms with Gasteiger partial charge in [0.2, 0.25) is 5.82 Å². The van der Waals surface area contributed by atoms with Gasteiger partial charge in [-0.25, -0.2) is 4.68 Å². The van der Waals surface area contributed by atoms with E-state index < -0.39 is 4.92 Å². The van der Waals surface area contributed by atoms with Crippen LogP contribution in [-0.2, 0) is 0 Å². The molecule has 0 bridgehead atoms. The maximum Gasteiger partial charge on any atom is 0.330 e. The molecule has 0 aliphatic heterocycles. The van der Waals surface area contributed by atoms with Crippen LogP contribution >= 0.6 is 0 Å². The highest BCUT2D eigenvalue weighted by atomic mass is 16.6. The van der Waals surface area contributed by atoms with Gasteiger partial charge in [-0.3, -0.25) is 10.1 Å². The van der Waals surface area contributed by atoms with Crippen molar-refractivity contribution in [3.63, 3.8) is 0 Å². The lowest BCUT2D eigenvalue weighted by Gasteiger charge is -2.15. The van der Waals surface area contributed by atoms with Crippen LogP contribution in [0.4, 0.5) is 11.5 Å². The second kappa shape index (κ2) is 5.48. The number of nitro groups is 1. The van der Waals surface area contributed by atoms with Crippen molar-refractivity contribution in [2.24, 2.45) is 0 Å². The van der Waals surface area contributed by atoms with Crippen LogP contribution in [0.3, 0.4) is 0 Å². The molecule has 1 atom stereocenters. The van der Waals surface area contributed by atoms with Crippen molar-refractivity contribution in [1.29, 1.82) is 0 Å². The molecule has 90 valence electrons. The zero-order valence-corrected chi connectivity index (χ0v) is 9.72. The number of nitrogens with zero attached hydrogens (tertiary/aromatic N) is 3. The minimum Gasteiger partial charge on any atom is -0.378 e. The number of unbranched alkanes of at least 4 members (excludes halogenated alkanes) is 1. The lowest BCUT2D eigenvalue weighted by atomic mass is 10.1. The third-order valence-electron chi connectivity index (χ3n) is 2.72. The highest BCUT2D eigenvalue weighted by Crippen LogP contribution is 2.27. The Kier molecular flexibility index (Phi) is 4.28. The van der Waals surface area contributed by atoms with Gasteiger partial charge >= 0.3 is 5.69 Å². The SMILES string of the molecule is CCCCC(CC)n1ncc([N+](=O)[O-])c1N. The van der Waals surface area contributed by atoms with Gasteiger partial charge in [-0.15, -0.1) is 0 Å². The fourth-order valence-corrected chi connectivity index (χ4v) is 1.73. The second-order valence-electron chi connectivity index (χ2n) is 3.82. The van der Waals surface area contributed by atoms with Crippen LogP contribution in [0, 0.1) is 10.1 Å². The highest BCUT2D eigenvalue weighted by molar-refractivity contribution is 5.51. The number of nitrogens with two attached hydrogens (primary N) is 1. The summed E-state index contributed by atoms with van der Waals surface area (Å²) in [6, 6.07) is 0.161. The predicted octanol–water partition coefficient (Wildman–Crippen LogP) is 2.51. The Morgan fingerprint density at radius 2 is 2.31 bits per heavy atom. The monoisotopic (exact) mass is 226 g/mol. The van der Waals surface area contributed by atoms with Crippen molar-refractivity contribution in [3.8, 4) is 0 Å². The second-order valence-corrected chi connectivity index (χ2v) is 3.82. The van der Waals surface area contributed by atoms with Crippen LogP contribution in [0.2, 0.25) is 0 Å². The smallest absolute Gasteiger partial charge is 0.330 e. The van der Waals surface area contributed by atoms with E-state index in [1.54, 1.807) is 4.68 Å². The molecule has 0 fully saturated rings. The van der Waals surface area contributed by atoms with Crippen molar-refractivity contribution >= 4 is 11.5 Å². The topological polar surface area (TPSA) is 87.0 Å². The van der Waals surface area contributed by atoms with Gasteiger partial charge in [0, 0.05) is 0 Å². The van der Waals surface area contributed by atoms with Gasteiger partial charge < -0.3 is 5.73 Å². The average molecular weight is 226 g/mol. The molecule has 0 aliphatic rings. The van der Waals surface area contributed by atoms with E-state index in [2.05, 4.69) is 12.0 Å². The van der Waals surface area contributed by atoms with Crippen LogP contribution in [0.5, 0.6) is 0 Å². The first-order valence-electron chi connectivity index (χ1n) is 5.59. The molecule has 6 heteroatoms. The van der Waals surface area contributed by atoms with Crippen molar-refractivity contribution in [2.75, 3.05) is 5.73 Å². The van der Waals surface area contributed by atoms with E-state index >= 15 is 0 Å². The number of hydrogen-bond acceptors (Lipinski definition) is 4. The minimum absolute atomic E-state index is 0.102. The van der Waals surface area contributed by atoms with E-state index in [1.807, 2.05) is 6.92 Å². The normalized spacial score (nSPS) is 12.6. The van der Waals surface area contributed by atoms with Gasteiger partial charge in [-0.2, -0.15) is 5.10 Å². The first-order chi connectivity index (χ1) is 7.61. The van der Waals surface area contributed by atoms with Crippen LogP contribution in [0.15, 0.2) is 6.20 Å². The van der Waals surface area contributed by atoms with Crippen molar-refractivity contribution in [2.45, 2.75) is 45.6 Å². The predicted molar refractivity (Wildman–Crippen MR) is 62.1 cm³/mol. The molecule has 2 N–H and O–H groups in total. The van der Waals surface area contributed by atoms with Crippen molar-refractivity contribution < 1.29 is 4.92 Å². The largest absolute Gasteiger partial charge is 0.378 e. The Morgan fingerprint density at radius 3 is 2.75 bits per heavy atom. The number of anilines is 1. The lowest BCUT2D eigenvalue weighted by molar-refractivity contribution is -0.384. The van der Waals surface area contributed by atoms with E-state index in [1.165, 1.54) is 6.20 Å². The van der Waals surface area contributed by atoms with Crippen LogP contribution in [0.25, 0.3) is 0 Å². The molecule has 0 aromatic carbocycles. The molecule has 0 saturated carbocycles. The Bertz CT molecular complexity index is 362. The molecule has 1 aromatic heterocycles. The molecule has 0 radical (unpaired) electrons. The lowest BCUT2D eigenvalue weighted by Crippen LogP contribution is -2.13. The number of hydrogen-bond donors (Lipinski definition) is 1. The van der Waals surface area contributed by atoms with E-state index in [0.29, 0.717) is 0 Å².